The van der Waals surface area contributed by atoms with Gasteiger partial charge in [0.15, 0.2) is 0 Å². The molecule has 2 aromatic heterocycles. The number of nitrogens with zero attached hydrogens (tertiary/aromatic N) is 4. The number of carboxylic acids is 1. The van der Waals surface area contributed by atoms with Crippen molar-refractivity contribution in [1.29, 1.82) is 0 Å². The molecule has 1 unspecified atom stereocenters. The normalized spacial score (nSPS) is 18.7. The molecule has 4 aromatic rings. The van der Waals surface area contributed by atoms with Gasteiger partial charge in [-0.2, -0.15) is 0 Å². The van der Waals surface area contributed by atoms with Crippen molar-refractivity contribution < 1.29 is 19.4 Å². The molecule has 0 amide bonds. The van der Waals surface area contributed by atoms with Crippen LogP contribution in [0.1, 0.15) is 28.5 Å². The summed E-state index contributed by atoms with van der Waals surface area (Å²) in [6.45, 7) is 3.83. The van der Waals surface area contributed by atoms with E-state index >= 15 is 0 Å². The van der Waals surface area contributed by atoms with Gasteiger partial charge in [-0.15, -0.1) is 0 Å². The lowest BCUT2D eigenvalue weighted by Crippen LogP contribution is -2.36. The van der Waals surface area contributed by atoms with Gasteiger partial charge in [-0.05, 0) is 30.7 Å². The van der Waals surface area contributed by atoms with E-state index in [1.807, 2.05) is 30.3 Å². The maximum Gasteiger partial charge on any atom is 0.338 e. The molecular formula is C25H23ClN4O4. The van der Waals surface area contributed by atoms with E-state index in [1.54, 1.807) is 12.3 Å². The predicted octanol–water partition coefficient (Wildman–Crippen LogP) is 4.27. The number of pyridine rings is 1. The minimum Gasteiger partial charge on any atom is -0.478 e. The highest BCUT2D eigenvalue weighted by Crippen LogP contribution is 2.37. The quantitative estimate of drug-likeness (QED) is 0.468. The number of rotatable bonds is 4. The van der Waals surface area contributed by atoms with Crippen molar-refractivity contribution in [1.82, 2.24) is 14.5 Å². The third-order valence-corrected chi connectivity index (χ3v) is 6.92. The van der Waals surface area contributed by atoms with E-state index in [2.05, 4.69) is 14.5 Å². The largest absolute Gasteiger partial charge is 0.478 e. The molecule has 4 heterocycles. The summed E-state index contributed by atoms with van der Waals surface area (Å²) in [5.41, 5.74) is 3.82. The van der Waals surface area contributed by atoms with Gasteiger partial charge in [0.25, 0.3) is 0 Å². The van der Waals surface area contributed by atoms with Crippen LogP contribution in [-0.4, -0.2) is 65.1 Å². The monoisotopic (exact) mass is 478 g/mol. The fourth-order valence-electron chi connectivity index (χ4n) is 4.93. The highest BCUT2D eigenvalue weighted by molar-refractivity contribution is 6.35. The van der Waals surface area contributed by atoms with E-state index in [1.165, 1.54) is 0 Å². The Kier molecular flexibility index (Phi) is 5.36. The molecule has 1 atom stereocenters. The van der Waals surface area contributed by atoms with Crippen LogP contribution >= 0.6 is 11.6 Å². The smallest absolute Gasteiger partial charge is 0.338 e. The number of benzene rings is 2. The Labute approximate surface area is 200 Å². The SMILES string of the molecule is O=C(O)c1cc(N2CCOCC2)cc2c1nc(C1CCOC1)n2-c1ccnc2c(Cl)cccc12. The number of halogens is 1. The molecule has 9 heteroatoms. The van der Waals surface area contributed by atoms with Gasteiger partial charge in [0.05, 0.1) is 47.1 Å². The van der Waals surface area contributed by atoms with Crippen LogP contribution < -0.4 is 4.90 Å². The number of anilines is 1. The number of fused-ring (bicyclic) bond motifs is 2. The maximum atomic E-state index is 12.3. The Balaban J connectivity index is 1.68. The first-order valence-corrected chi connectivity index (χ1v) is 11.7. The number of morpholine rings is 1. The van der Waals surface area contributed by atoms with Gasteiger partial charge in [0.1, 0.15) is 11.3 Å². The van der Waals surface area contributed by atoms with Crippen molar-refractivity contribution in [2.45, 2.75) is 12.3 Å². The molecular weight excluding hydrogens is 456 g/mol. The van der Waals surface area contributed by atoms with Gasteiger partial charge in [-0.25, -0.2) is 9.78 Å². The first-order chi connectivity index (χ1) is 16.6. The molecule has 2 saturated heterocycles. The average Bonchev–Trinajstić information content (AvgIpc) is 3.52. The Hall–Kier alpha value is -3.20. The summed E-state index contributed by atoms with van der Waals surface area (Å²) in [5, 5.41) is 11.5. The molecule has 2 aliphatic rings. The van der Waals surface area contributed by atoms with E-state index in [9.17, 15) is 9.90 Å². The van der Waals surface area contributed by atoms with Crippen LogP contribution in [0.3, 0.4) is 0 Å². The molecule has 2 aliphatic heterocycles. The third kappa shape index (κ3) is 3.50. The van der Waals surface area contributed by atoms with Crippen LogP contribution in [0.2, 0.25) is 5.02 Å². The van der Waals surface area contributed by atoms with Crippen molar-refractivity contribution in [3.63, 3.8) is 0 Å². The maximum absolute atomic E-state index is 12.3. The molecule has 2 aromatic carbocycles. The zero-order valence-electron chi connectivity index (χ0n) is 18.4. The fraction of sp³-hybridized carbons (Fsp3) is 0.320. The van der Waals surface area contributed by atoms with E-state index in [0.717, 1.165) is 34.5 Å². The minimum atomic E-state index is -0.999. The summed E-state index contributed by atoms with van der Waals surface area (Å²) >= 11 is 6.47. The molecule has 0 saturated carbocycles. The molecule has 34 heavy (non-hydrogen) atoms. The second-order valence-electron chi connectivity index (χ2n) is 8.60. The second kappa shape index (κ2) is 8.54. The first-order valence-electron chi connectivity index (χ1n) is 11.4. The van der Waals surface area contributed by atoms with E-state index < -0.39 is 5.97 Å². The van der Waals surface area contributed by atoms with Crippen LogP contribution in [0.5, 0.6) is 0 Å². The number of hydrogen-bond donors (Lipinski definition) is 1. The second-order valence-corrected chi connectivity index (χ2v) is 9.00. The molecule has 0 aliphatic carbocycles. The lowest BCUT2D eigenvalue weighted by molar-refractivity contribution is 0.0699. The van der Waals surface area contributed by atoms with Gasteiger partial charge in [-0.1, -0.05) is 23.7 Å². The molecule has 174 valence electrons. The molecule has 2 fully saturated rings. The van der Waals surface area contributed by atoms with Crippen molar-refractivity contribution in [3.05, 3.63) is 59.0 Å². The van der Waals surface area contributed by atoms with Crippen LogP contribution in [0.25, 0.3) is 27.6 Å². The zero-order chi connectivity index (χ0) is 23.2. The number of ether oxygens (including phenoxy) is 2. The summed E-state index contributed by atoms with van der Waals surface area (Å²) < 4.78 is 13.3. The summed E-state index contributed by atoms with van der Waals surface area (Å²) in [5.74, 6) is -0.147. The summed E-state index contributed by atoms with van der Waals surface area (Å²) in [4.78, 5) is 23.9. The summed E-state index contributed by atoms with van der Waals surface area (Å²) in [6, 6.07) is 11.4. The van der Waals surface area contributed by atoms with Crippen LogP contribution in [0.4, 0.5) is 5.69 Å². The van der Waals surface area contributed by atoms with E-state index in [-0.39, 0.29) is 11.5 Å². The van der Waals surface area contributed by atoms with Gasteiger partial charge < -0.3 is 19.5 Å². The van der Waals surface area contributed by atoms with Crippen LogP contribution in [0, 0.1) is 0 Å². The average molecular weight is 479 g/mol. The number of hydrogen-bond acceptors (Lipinski definition) is 6. The molecule has 0 spiro atoms. The van der Waals surface area contributed by atoms with E-state index in [4.69, 9.17) is 26.1 Å². The fourth-order valence-corrected chi connectivity index (χ4v) is 5.16. The van der Waals surface area contributed by atoms with Crippen molar-refractivity contribution in [2.24, 2.45) is 0 Å². The van der Waals surface area contributed by atoms with Crippen molar-refractivity contribution in [3.8, 4) is 5.69 Å². The lowest BCUT2D eigenvalue weighted by atomic mass is 10.1. The van der Waals surface area contributed by atoms with E-state index in [0.29, 0.717) is 55.6 Å². The van der Waals surface area contributed by atoms with Crippen molar-refractivity contribution >= 4 is 45.2 Å². The molecule has 0 radical (unpaired) electrons. The number of imidazole rings is 1. The first kappa shape index (κ1) is 21.3. The van der Waals surface area contributed by atoms with Crippen LogP contribution in [0.15, 0.2) is 42.6 Å². The zero-order valence-corrected chi connectivity index (χ0v) is 19.2. The summed E-state index contributed by atoms with van der Waals surface area (Å²) in [6.07, 6.45) is 2.56. The molecule has 0 bridgehead atoms. The topological polar surface area (TPSA) is 89.7 Å². The standard InChI is InChI=1S/C25H23ClN4O4/c26-19-3-1-2-17-20(4-6-27-22(17)19)30-21-13-16(29-7-10-33-11-8-29)12-18(25(31)32)23(21)28-24(30)15-5-9-34-14-15/h1-4,6,12-13,15H,5,7-11,14H2,(H,31,32). The number of para-hydroxylation sites is 1. The summed E-state index contributed by atoms with van der Waals surface area (Å²) in [7, 11) is 0. The van der Waals surface area contributed by atoms with Gasteiger partial charge in [-0.3, -0.25) is 9.55 Å². The molecule has 1 N–H and O–H groups in total. The number of aromatic nitrogens is 3. The number of carbonyl (C=O) groups is 1. The predicted molar refractivity (Wildman–Crippen MR) is 130 cm³/mol. The van der Waals surface area contributed by atoms with Gasteiger partial charge in [0.2, 0.25) is 0 Å². The number of aromatic carboxylic acids is 1. The third-order valence-electron chi connectivity index (χ3n) is 6.61. The number of carboxylic acid groups (broad SMARTS) is 1. The highest BCUT2D eigenvalue weighted by Gasteiger charge is 2.29. The van der Waals surface area contributed by atoms with Gasteiger partial charge >= 0.3 is 5.97 Å². The van der Waals surface area contributed by atoms with Gasteiger partial charge in [0, 0.05) is 42.9 Å². The lowest BCUT2D eigenvalue weighted by Gasteiger charge is -2.29. The van der Waals surface area contributed by atoms with Crippen molar-refractivity contribution in [2.75, 3.05) is 44.4 Å². The molecule has 8 nitrogen and oxygen atoms in total. The Bertz CT molecular complexity index is 1410. The highest BCUT2D eigenvalue weighted by atomic mass is 35.5. The molecule has 6 rings (SSSR count). The van der Waals surface area contributed by atoms with Crippen LogP contribution in [-0.2, 0) is 9.47 Å². The Morgan fingerprint density at radius 3 is 2.71 bits per heavy atom. The minimum absolute atomic E-state index is 0.0586. The Morgan fingerprint density at radius 2 is 1.94 bits per heavy atom. The Morgan fingerprint density at radius 1 is 1.09 bits per heavy atom.